The Balaban J connectivity index is 2.41. The van der Waals surface area contributed by atoms with E-state index in [0.717, 1.165) is 16.7 Å². The number of carboxylic acid groups (broad SMARTS) is 2. The topological polar surface area (TPSA) is 74.6 Å². The van der Waals surface area contributed by atoms with Crippen LogP contribution in [0.4, 0.5) is 0 Å². The fraction of sp³-hybridized carbons (Fsp3) is 0.0909. The fourth-order valence-electron chi connectivity index (χ4n) is 3.18. The molecule has 2 N–H and O–H groups in total. The summed E-state index contributed by atoms with van der Waals surface area (Å²) < 4.78 is 0. The maximum absolute atomic E-state index is 11.7. The SMILES string of the molecule is Cc1ccc(-c2ccccc2C(=O)O)c(-c2ccccc2C(=O)O)c1C. The van der Waals surface area contributed by atoms with Crippen molar-refractivity contribution in [3.05, 3.63) is 82.9 Å². The van der Waals surface area contributed by atoms with Gasteiger partial charge in [-0.1, -0.05) is 48.5 Å². The largest absolute Gasteiger partial charge is 0.478 e. The van der Waals surface area contributed by atoms with E-state index in [9.17, 15) is 19.8 Å². The van der Waals surface area contributed by atoms with Gasteiger partial charge in [-0.3, -0.25) is 0 Å². The summed E-state index contributed by atoms with van der Waals surface area (Å²) in [5.41, 5.74) is 4.92. The highest BCUT2D eigenvalue weighted by atomic mass is 16.4. The number of aryl methyl sites for hydroxylation is 1. The van der Waals surface area contributed by atoms with Gasteiger partial charge in [-0.05, 0) is 59.4 Å². The first kappa shape index (κ1) is 17.4. The van der Waals surface area contributed by atoms with E-state index in [4.69, 9.17) is 0 Å². The van der Waals surface area contributed by atoms with Crippen LogP contribution in [0.15, 0.2) is 60.7 Å². The highest BCUT2D eigenvalue weighted by Crippen LogP contribution is 2.39. The van der Waals surface area contributed by atoms with E-state index < -0.39 is 11.9 Å². The molecule has 3 rings (SSSR count). The lowest BCUT2D eigenvalue weighted by Crippen LogP contribution is -2.04. The molecule has 0 amide bonds. The molecule has 0 aliphatic carbocycles. The molecule has 0 unspecified atom stereocenters. The second-order valence-corrected chi connectivity index (χ2v) is 6.13. The third-order valence-electron chi connectivity index (χ3n) is 4.61. The minimum Gasteiger partial charge on any atom is -0.478 e. The summed E-state index contributed by atoms with van der Waals surface area (Å²) in [7, 11) is 0. The molecule has 130 valence electrons. The maximum Gasteiger partial charge on any atom is 0.336 e. The zero-order chi connectivity index (χ0) is 18.8. The first-order valence-electron chi connectivity index (χ1n) is 8.17. The summed E-state index contributed by atoms with van der Waals surface area (Å²) >= 11 is 0. The molecule has 0 aliphatic heterocycles. The van der Waals surface area contributed by atoms with E-state index in [1.807, 2.05) is 26.0 Å². The van der Waals surface area contributed by atoms with Crippen molar-refractivity contribution < 1.29 is 19.8 Å². The zero-order valence-electron chi connectivity index (χ0n) is 14.5. The molecule has 0 radical (unpaired) electrons. The van der Waals surface area contributed by atoms with Crippen LogP contribution in [0.1, 0.15) is 31.8 Å². The molecule has 4 heteroatoms. The van der Waals surface area contributed by atoms with Gasteiger partial charge >= 0.3 is 11.9 Å². The Morgan fingerprint density at radius 3 is 1.73 bits per heavy atom. The van der Waals surface area contributed by atoms with Crippen molar-refractivity contribution in [2.45, 2.75) is 13.8 Å². The first-order chi connectivity index (χ1) is 12.4. The van der Waals surface area contributed by atoms with Gasteiger partial charge in [-0.2, -0.15) is 0 Å². The second-order valence-electron chi connectivity index (χ2n) is 6.13. The zero-order valence-corrected chi connectivity index (χ0v) is 14.5. The van der Waals surface area contributed by atoms with Gasteiger partial charge in [0, 0.05) is 0 Å². The Hall–Kier alpha value is -3.40. The standard InChI is InChI=1S/C22H18O4/c1-13-11-12-17(15-7-3-5-9-18(15)21(23)24)20(14(13)2)16-8-4-6-10-19(16)22(25)26/h3-12H,1-2H3,(H,23,24)(H,25,26). The van der Waals surface area contributed by atoms with Gasteiger partial charge in [0.05, 0.1) is 11.1 Å². The summed E-state index contributed by atoms with van der Waals surface area (Å²) in [4.78, 5) is 23.4. The summed E-state index contributed by atoms with van der Waals surface area (Å²) in [5, 5.41) is 19.2. The highest BCUT2D eigenvalue weighted by Gasteiger charge is 2.20. The molecule has 3 aromatic rings. The van der Waals surface area contributed by atoms with E-state index in [0.29, 0.717) is 16.7 Å². The van der Waals surface area contributed by atoms with Crippen LogP contribution in [-0.4, -0.2) is 22.2 Å². The molecule has 0 saturated heterocycles. The molecule has 3 aromatic carbocycles. The molecule has 0 fully saturated rings. The van der Waals surface area contributed by atoms with Crippen molar-refractivity contribution in [2.75, 3.05) is 0 Å². The smallest absolute Gasteiger partial charge is 0.336 e. The van der Waals surface area contributed by atoms with Crippen LogP contribution in [0.3, 0.4) is 0 Å². The minimum absolute atomic E-state index is 0.185. The van der Waals surface area contributed by atoms with Crippen LogP contribution in [0.25, 0.3) is 22.3 Å². The van der Waals surface area contributed by atoms with E-state index in [2.05, 4.69) is 0 Å². The van der Waals surface area contributed by atoms with Crippen LogP contribution < -0.4 is 0 Å². The van der Waals surface area contributed by atoms with E-state index in [1.165, 1.54) is 0 Å². The number of carbonyl (C=O) groups is 2. The highest BCUT2D eigenvalue weighted by molar-refractivity contribution is 6.03. The molecule has 0 saturated carbocycles. The lowest BCUT2D eigenvalue weighted by molar-refractivity contribution is 0.0686. The second kappa shape index (κ2) is 6.84. The number of hydrogen-bond donors (Lipinski definition) is 2. The molecule has 0 heterocycles. The van der Waals surface area contributed by atoms with E-state index >= 15 is 0 Å². The monoisotopic (exact) mass is 346 g/mol. The quantitative estimate of drug-likeness (QED) is 0.694. The Morgan fingerprint density at radius 2 is 1.15 bits per heavy atom. The molecule has 0 atom stereocenters. The Bertz CT molecular complexity index is 1020. The van der Waals surface area contributed by atoms with Crippen molar-refractivity contribution in [1.82, 2.24) is 0 Å². The maximum atomic E-state index is 11.7. The van der Waals surface area contributed by atoms with Crippen molar-refractivity contribution >= 4 is 11.9 Å². The van der Waals surface area contributed by atoms with Crippen molar-refractivity contribution in [3.63, 3.8) is 0 Å². The number of aromatic carboxylic acids is 2. The third-order valence-corrected chi connectivity index (χ3v) is 4.61. The Labute approximate surface area is 151 Å². The molecule has 0 bridgehead atoms. The summed E-state index contributed by atoms with van der Waals surface area (Å²) in [5.74, 6) is -2.03. The molecule has 0 aliphatic rings. The number of carboxylic acids is 2. The normalized spacial score (nSPS) is 10.5. The number of rotatable bonds is 4. The van der Waals surface area contributed by atoms with Crippen LogP contribution in [0.5, 0.6) is 0 Å². The first-order valence-corrected chi connectivity index (χ1v) is 8.17. The summed E-state index contributed by atoms with van der Waals surface area (Å²) in [6, 6.07) is 17.3. The van der Waals surface area contributed by atoms with Crippen molar-refractivity contribution in [3.8, 4) is 22.3 Å². The van der Waals surface area contributed by atoms with Gasteiger partial charge in [-0.15, -0.1) is 0 Å². The lowest BCUT2D eigenvalue weighted by atomic mass is 9.85. The van der Waals surface area contributed by atoms with Gasteiger partial charge in [0.1, 0.15) is 0 Å². The van der Waals surface area contributed by atoms with Crippen LogP contribution in [-0.2, 0) is 0 Å². The van der Waals surface area contributed by atoms with Gasteiger partial charge in [-0.25, -0.2) is 9.59 Å². The Kier molecular flexibility index (Phi) is 4.59. The molecule has 26 heavy (non-hydrogen) atoms. The van der Waals surface area contributed by atoms with Gasteiger partial charge in [0.25, 0.3) is 0 Å². The van der Waals surface area contributed by atoms with Crippen LogP contribution >= 0.6 is 0 Å². The van der Waals surface area contributed by atoms with E-state index in [1.54, 1.807) is 48.5 Å². The predicted octanol–water partition coefficient (Wildman–Crippen LogP) is 5.03. The van der Waals surface area contributed by atoms with Gasteiger partial charge < -0.3 is 10.2 Å². The fourth-order valence-corrected chi connectivity index (χ4v) is 3.18. The summed E-state index contributed by atoms with van der Waals surface area (Å²) in [6.07, 6.45) is 0. The van der Waals surface area contributed by atoms with Crippen molar-refractivity contribution in [1.29, 1.82) is 0 Å². The van der Waals surface area contributed by atoms with Crippen molar-refractivity contribution in [2.24, 2.45) is 0 Å². The third kappa shape index (κ3) is 2.97. The molecular formula is C22H18O4. The molecular weight excluding hydrogens is 328 g/mol. The van der Waals surface area contributed by atoms with Gasteiger partial charge in [0.2, 0.25) is 0 Å². The molecule has 0 spiro atoms. The molecule has 4 nitrogen and oxygen atoms in total. The Morgan fingerprint density at radius 1 is 0.654 bits per heavy atom. The van der Waals surface area contributed by atoms with Crippen LogP contribution in [0.2, 0.25) is 0 Å². The molecule has 0 aromatic heterocycles. The van der Waals surface area contributed by atoms with Gasteiger partial charge in [0.15, 0.2) is 0 Å². The van der Waals surface area contributed by atoms with E-state index in [-0.39, 0.29) is 11.1 Å². The predicted molar refractivity (Wildman–Crippen MR) is 101 cm³/mol. The minimum atomic E-state index is -1.02. The van der Waals surface area contributed by atoms with Crippen LogP contribution in [0, 0.1) is 13.8 Å². The average molecular weight is 346 g/mol. The number of benzene rings is 3. The number of hydrogen-bond acceptors (Lipinski definition) is 2. The average Bonchev–Trinajstić information content (AvgIpc) is 2.63. The lowest BCUT2D eigenvalue weighted by Gasteiger charge is -2.18. The summed E-state index contributed by atoms with van der Waals surface area (Å²) in [6.45, 7) is 3.88.